The fourth-order valence-electron chi connectivity index (χ4n) is 3.20. The molecule has 0 aliphatic carbocycles. The second-order valence-corrected chi connectivity index (χ2v) is 11.0. The summed E-state index contributed by atoms with van der Waals surface area (Å²) in [5, 5.41) is 8.84. The van der Waals surface area contributed by atoms with E-state index in [0.717, 1.165) is 9.87 Å². The zero-order valence-electron chi connectivity index (χ0n) is 16.0. The lowest BCUT2D eigenvalue weighted by atomic mass is 10.2. The molecule has 1 saturated heterocycles. The van der Waals surface area contributed by atoms with Crippen LogP contribution in [0.2, 0.25) is 5.02 Å². The van der Waals surface area contributed by atoms with E-state index in [0.29, 0.717) is 10.8 Å². The van der Waals surface area contributed by atoms with Crippen LogP contribution in [0.3, 0.4) is 0 Å². The summed E-state index contributed by atoms with van der Waals surface area (Å²) in [5.74, 6) is -0.344. The average Bonchev–Trinajstić information content (AvgIpc) is 2.73. The van der Waals surface area contributed by atoms with Crippen LogP contribution in [0.4, 0.5) is 0 Å². The molecule has 2 aromatic rings. The number of hydroxylamine groups is 1. The summed E-state index contributed by atoms with van der Waals surface area (Å²) in [4.78, 5) is 12.0. The summed E-state index contributed by atoms with van der Waals surface area (Å²) in [5.41, 5.74) is 2.34. The highest BCUT2D eigenvalue weighted by Crippen LogP contribution is 2.28. The Balaban J connectivity index is 1.77. The van der Waals surface area contributed by atoms with E-state index in [1.807, 2.05) is 12.1 Å². The number of carbonyl (C=O) groups excluding carboxylic acids is 1. The maximum absolute atomic E-state index is 13.1. The Kier molecular flexibility index (Phi) is 7.27. The van der Waals surface area contributed by atoms with E-state index in [1.165, 1.54) is 36.7 Å². The minimum absolute atomic E-state index is 0.0340. The summed E-state index contributed by atoms with van der Waals surface area (Å²) < 4.78 is 45.0. The van der Waals surface area contributed by atoms with E-state index in [9.17, 15) is 17.8 Å². The van der Waals surface area contributed by atoms with Crippen LogP contribution < -0.4 is 10.2 Å². The third-order valence-electron chi connectivity index (χ3n) is 4.79. The summed E-state index contributed by atoms with van der Waals surface area (Å²) in [6.07, 6.45) is 0. The minimum Gasteiger partial charge on any atom is -0.616 e. The molecule has 0 spiro atoms. The molecular weight excluding hydrogens is 452 g/mol. The molecule has 30 heavy (non-hydrogen) atoms. The number of hydrogen-bond donors (Lipinski definition) is 2. The number of hydrogen-bond acceptors (Lipinski definition) is 6. The van der Waals surface area contributed by atoms with Gasteiger partial charge in [0.1, 0.15) is 23.4 Å². The Labute approximate surface area is 183 Å². The molecule has 3 rings (SSSR count). The molecular formula is C19H21ClN2O6S2. The van der Waals surface area contributed by atoms with Gasteiger partial charge in [-0.2, -0.15) is 4.31 Å². The van der Waals surface area contributed by atoms with Crippen LogP contribution >= 0.6 is 11.6 Å². The van der Waals surface area contributed by atoms with Gasteiger partial charge >= 0.3 is 0 Å². The van der Waals surface area contributed by atoms with Crippen molar-refractivity contribution in [3.63, 3.8) is 0 Å². The van der Waals surface area contributed by atoms with Crippen molar-refractivity contribution in [2.75, 3.05) is 12.3 Å². The van der Waals surface area contributed by atoms with Crippen LogP contribution in [-0.2, 0) is 32.6 Å². The first kappa shape index (κ1) is 22.9. The van der Waals surface area contributed by atoms with E-state index in [2.05, 4.69) is 0 Å². The summed E-state index contributed by atoms with van der Waals surface area (Å²) in [7, 11) is -4.06. The molecule has 162 valence electrons. The van der Waals surface area contributed by atoms with Gasteiger partial charge in [-0.1, -0.05) is 23.7 Å². The van der Waals surface area contributed by atoms with Crippen molar-refractivity contribution in [2.45, 2.75) is 29.7 Å². The van der Waals surface area contributed by atoms with Crippen molar-refractivity contribution < 1.29 is 27.7 Å². The molecule has 8 nitrogen and oxygen atoms in total. The fraction of sp³-hybridized carbons (Fsp3) is 0.316. The first-order valence-corrected chi connectivity index (χ1v) is 12.2. The van der Waals surface area contributed by atoms with Crippen LogP contribution in [0.5, 0.6) is 5.75 Å². The molecule has 0 bridgehead atoms. The first-order chi connectivity index (χ1) is 14.2. The minimum atomic E-state index is -4.06. The number of sulfonamides is 1. The summed E-state index contributed by atoms with van der Waals surface area (Å²) in [6.45, 7) is 1.69. The van der Waals surface area contributed by atoms with Gasteiger partial charge in [0.15, 0.2) is 6.04 Å². The van der Waals surface area contributed by atoms with Crippen molar-refractivity contribution in [3.05, 3.63) is 59.1 Å². The molecule has 1 aliphatic heterocycles. The first-order valence-electron chi connectivity index (χ1n) is 9.04. The smallest absolute Gasteiger partial charge is 0.266 e. The van der Waals surface area contributed by atoms with Crippen molar-refractivity contribution in [1.29, 1.82) is 0 Å². The highest BCUT2D eigenvalue weighted by atomic mass is 35.5. The number of amides is 1. The normalized spacial score (nSPS) is 22.5. The van der Waals surface area contributed by atoms with Crippen LogP contribution in [0.15, 0.2) is 53.4 Å². The second-order valence-electron chi connectivity index (χ2n) is 6.72. The number of nitrogens with one attached hydrogen (secondary N) is 1. The van der Waals surface area contributed by atoms with Gasteiger partial charge in [-0.05, 0) is 60.1 Å². The number of nitrogens with zero attached hydrogens (tertiary/aromatic N) is 1. The summed E-state index contributed by atoms with van der Waals surface area (Å²) in [6, 6.07) is 11.7. The highest BCUT2D eigenvalue weighted by Gasteiger charge is 2.47. The molecule has 3 atom stereocenters. The molecule has 0 saturated carbocycles. The van der Waals surface area contributed by atoms with Gasteiger partial charge in [-0.15, -0.1) is 0 Å². The molecule has 0 radical (unpaired) electrons. The highest BCUT2D eigenvalue weighted by molar-refractivity contribution is 7.92. The quantitative estimate of drug-likeness (QED) is 0.376. The van der Waals surface area contributed by atoms with E-state index in [1.54, 1.807) is 12.1 Å². The topological polar surface area (TPSA) is 119 Å². The van der Waals surface area contributed by atoms with Gasteiger partial charge in [0.05, 0.1) is 11.4 Å². The van der Waals surface area contributed by atoms with Gasteiger partial charge < -0.3 is 9.29 Å². The van der Waals surface area contributed by atoms with Crippen molar-refractivity contribution in [1.82, 2.24) is 9.79 Å². The maximum atomic E-state index is 13.1. The Morgan fingerprint density at radius 3 is 2.67 bits per heavy atom. The number of halogens is 1. The van der Waals surface area contributed by atoms with E-state index >= 15 is 0 Å². The van der Waals surface area contributed by atoms with Gasteiger partial charge in [0.2, 0.25) is 10.0 Å². The average molecular weight is 473 g/mol. The van der Waals surface area contributed by atoms with Gasteiger partial charge in [0, 0.05) is 5.02 Å². The molecule has 11 heteroatoms. The standard InChI is InChI=1S/C19H21ClN2O6S2/c1-13-18(19(23)21-24)22(9-10-29(13)25)30(26,27)17-7-5-16(6-8-17)28-12-14-3-2-4-15(20)11-14/h2-8,11,13,18,24H,9-10,12H2,1H3,(H,21,23). The molecule has 3 unspecified atom stereocenters. The maximum Gasteiger partial charge on any atom is 0.266 e. The Morgan fingerprint density at radius 2 is 2.03 bits per heavy atom. The molecule has 0 aromatic heterocycles. The van der Waals surface area contributed by atoms with Crippen LogP contribution in [0, 0.1) is 0 Å². The SMILES string of the molecule is CC1C(C(=O)NO)N(S(=O)(=O)c2ccc(OCc3cccc(Cl)c3)cc2)CC[S+]1[O-]. The lowest BCUT2D eigenvalue weighted by molar-refractivity contribution is -0.133. The predicted octanol–water partition coefficient (Wildman–Crippen LogP) is 1.93. The third kappa shape index (κ3) is 4.90. The van der Waals surface area contributed by atoms with Crippen molar-refractivity contribution in [2.24, 2.45) is 0 Å². The second kappa shape index (κ2) is 9.54. The van der Waals surface area contributed by atoms with Crippen molar-refractivity contribution in [3.8, 4) is 5.75 Å². The number of carbonyl (C=O) groups is 1. The molecule has 1 fully saturated rings. The van der Waals surface area contributed by atoms with Gasteiger partial charge in [-0.3, -0.25) is 10.0 Å². The molecule has 1 heterocycles. The lowest BCUT2D eigenvalue weighted by Crippen LogP contribution is -2.61. The zero-order chi connectivity index (χ0) is 21.9. The molecule has 2 N–H and O–H groups in total. The summed E-state index contributed by atoms with van der Waals surface area (Å²) >= 11 is 4.56. The largest absolute Gasteiger partial charge is 0.616 e. The Hall–Kier alpha value is -1.82. The van der Waals surface area contributed by atoms with E-state index in [4.69, 9.17) is 21.5 Å². The fourth-order valence-corrected chi connectivity index (χ4v) is 6.57. The zero-order valence-corrected chi connectivity index (χ0v) is 18.4. The van der Waals surface area contributed by atoms with Crippen LogP contribution in [0.1, 0.15) is 12.5 Å². The van der Waals surface area contributed by atoms with E-state index < -0.39 is 38.4 Å². The molecule has 2 aromatic carbocycles. The molecule has 1 aliphatic rings. The number of ether oxygens (including phenoxy) is 1. The van der Waals surface area contributed by atoms with E-state index in [-0.39, 0.29) is 23.8 Å². The third-order valence-corrected chi connectivity index (χ3v) is 8.59. The van der Waals surface area contributed by atoms with Gasteiger partial charge in [0.25, 0.3) is 5.91 Å². The lowest BCUT2D eigenvalue weighted by Gasteiger charge is -2.37. The van der Waals surface area contributed by atoms with Crippen molar-refractivity contribution >= 4 is 38.7 Å². The number of benzene rings is 2. The Bertz CT molecular complexity index is 1000. The number of rotatable bonds is 6. The predicted molar refractivity (Wildman–Crippen MR) is 112 cm³/mol. The monoisotopic (exact) mass is 472 g/mol. The van der Waals surface area contributed by atoms with Gasteiger partial charge in [-0.25, -0.2) is 13.9 Å². The van der Waals surface area contributed by atoms with Crippen LogP contribution in [0.25, 0.3) is 0 Å². The van der Waals surface area contributed by atoms with Crippen LogP contribution in [-0.4, -0.2) is 52.0 Å². The Morgan fingerprint density at radius 1 is 1.33 bits per heavy atom. The molecule has 1 amide bonds.